The molecule has 0 amide bonds. The molecule has 0 fully saturated rings. The van der Waals surface area contributed by atoms with E-state index in [0.29, 0.717) is 5.75 Å². The summed E-state index contributed by atoms with van der Waals surface area (Å²) >= 11 is 3.31. The Bertz CT molecular complexity index is 595. The molecule has 0 saturated carbocycles. The fraction of sp³-hybridized carbons (Fsp3) is 0.333. The standard InChI is InChI=1S/C15H18BrNO3/c1-9-7-13(18-3)14(19-4)8-11(9)17-10(2)12-5-6-15(16)20-12/h5-8,10,17H,1-4H3. The Kier molecular flexibility index (Phi) is 4.60. The first-order valence-electron chi connectivity index (χ1n) is 6.29. The summed E-state index contributed by atoms with van der Waals surface area (Å²) in [5.41, 5.74) is 2.07. The summed E-state index contributed by atoms with van der Waals surface area (Å²) in [5.74, 6) is 2.29. The summed E-state index contributed by atoms with van der Waals surface area (Å²) in [4.78, 5) is 0. The Morgan fingerprint density at radius 3 is 2.35 bits per heavy atom. The number of aryl methyl sites for hydroxylation is 1. The van der Waals surface area contributed by atoms with Crippen LogP contribution in [0.25, 0.3) is 0 Å². The van der Waals surface area contributed by atoms with E-state index in [-0.39, 0.29) is 6.04 Å². The van der Waals surface area contributed by atoms with Gasteiger partial charge in [-0.1, -0.05) is 0 Å². The lowest BCUT2D eigenvalue weighted by Crippen LogP contribution is -2.07. The highest BCUT2D eigenvalue weighted by atomic mass is 79.9. The normalized spacial score (nSPS) is 12.1. The molecule has 1 heterocycles. The predicted octanol–water partition coefficient (Wildman–Crippen LogP) is 4.54. The molecule has 0 aliphatic heterocycles. The number of benzene rings is 1. The van der Waals surface area contributed by atoms with Gasteiger partial charge in [-0.05, 0) is 53.5 Å². The molecule has 20 heavy (non-hydrogen) atoms. The number of hydrogen-bond donors (Lipinski definition) is 1. The average Bonchev–Trinajstić information content (AvgIpc) is 2.87. The maximum Gasteiger partial charge on any atom is 0.169 e. The molecule has 0 spiro atoms. The summed E-state index contributed by atoms with van der Waals surface area (Å²) in [6.45, 7) is 4.07. The molecular formula is C15H18BrNO3. The first kappa shape index (κ1) is 14.8. The Hall–Kier alpha value is -1.62. The van der Waals surface area contributed by atoms with Crippen molar-refractivity contribution in [2.45, 2.75) is 19.9 Å². The molecule has 4 nitrogen and oxygen atoms in total. The van der Waals surface area contributed by atoms with Crippen LogP contribution in [0.5, 0.6) is 11.5 Å². The number of halogens is 1. The highest BCUT2D eigenvalue weighted by molar-refractivity contribution is 9.10. The highest BCUT2D eigenvalue weighted by Crippen LogP contribution is 2.34. The molecule has 1 unspecified atom stereocenters. The fourth-order valence-corrected chi connectivity index (χ4v) is 2.32. The number of ether oxygens (including phenoxy) is 2. The summed E-state index contributed by atoms with van der Waals surface area (Å²) in [6, 6.07) is 7.76. The second-order valence-electron chi connectivity index (χ2n) is 4.53. The van der Waals surface area contributed by atoms with Gasteiger partial charge in [0.15, 0.2) is 16.2 Å². The zero-order valence-electron chi connectivity index (χ0n) is 12.0. The first-order chi connectivity index (χ1) is 9.55. The van der Waals surface area contributed by atoms with Crippen molar-refractivity contribution in [3.05, 3.63) is 40.3 Å². The van der Waals surface area contributed by atoms with E-state index in [1.807, 2.05) is 38.1 Å². The summed E-state index contributed by atoms with van der Waals surface area (Å²) in [5, 5.41) is 3.42. The molecule has 5 heteroatoms. The van der Waals surface area contributed by atoms with Crippen LogP contribution in [0.2, 0.25) is 0 Å². The smallest absolute Gasteiger partial charge is 0.169 e. The molecule has 1 aromatic heterocycles. The third kappa shape index (κ3) is 3.10. The van der Waals surface area contributed by atoms with Crippen LogP contribution in [-0.2, 0) is 0 Å². The van der Waals surface area contributed by atoms with Gasteiger partial charge in [0, 0.05) is 11.8 Å². The summed E-state index contributed by atoms with van der Waals surface area (Å²) < 4.78 is 16.9. The van der Waals surface area contributed by atoms with E-state index in [0.717, 1.165) is 27.4 Å². The van der Waals surface area contributed by atoms with Crippen molar-refractivity contribution in [3.8, 4) is 11.5 Å². The zero-order chi connectivity index (χ0) is 14.7. The molecule has 2 rings (SSSR count). The number of methoxy groups -OCH3 is 2. The first-order valence-corrected chi connectivity index (χ1v) is 7.09. The average molecular weight is 340 g/mol. The van der Waals surface area contributed by atoms with Crippen LogP contribution in [0.15, 0.2) is 33.4 Å². The van der Waals surface area contributed by atoms with E-state index in [1.54, 1.807) is 14.2 Å². The van der Waals surface area contributed by atoms with Gasteiger partial charge < -0.3 is 19.2 Å². The Morgan fingerprint density at radius 1 is 1.15 bits per heavy atom. The van der Waals surface area contributed by atoms with Crippen molar-refractivity contribution < 1.29 is 13.9 Å². The minimum absolute atomic E-state index is 0.0538. The van der Waals surface area contributed by atoms with Crippen LogP contribution in [-0.4, -0.2) is 14.2 Å². The van der Waals surface area contributed by atoms with Gasteiger partial charge in [0.25, 0.3) is 0 Å². The minimum Gasteiger partial charge on any atom is -0.493 e. The molecule has 0 saturated heterocycles. The molecule has 0 aliphatic rings. The van der Waals surface area contributed by atoms with Gasteiger partial charge in [-0.25, -0.2) is 0 Å². The molecule has 1 aromatic carbocycles. The second-order valence-corrected chi connectivity index (χ2v) is 5.31. The third-order valence-corrected chi connectivity index (χ3v) is 3.55. The van der Waals surface area contributed by atoms with E-state index in [2.05, 4.69) is 21.2 Å². The van der Waals surface area contributed by atoms with Crippen LogP contribution >= 0.6 is 15.9 Å². The van der Waals surface area contributed by atoms with Crippen molar-refractivity contribution in [3.63, 3.8) is 0 Å². The van der Waals surface area contributed by atoms with Crippen molar-refractivity contribution in [2.75, 3.05) is 19.5 Å². The third-order valence-electron chi connectivity index (χ3n) is 3.12. The lowest BCUT2D eigenvalue weighted by atomic mass is 10.1. The summed E-state index contributed by atoms with van der Waals surface area (Å²) in [6.07, 6.45) is 0. The van der Waals surface area contributed by atoms with Crippen LogP contribution in [0.1, 0.15) is 24.3 Å². The Morgan fingerprint density at radius 2 is 1.80 bits per heavy atom. The molecule has 1 N–H and O–H groups in total. The molecule has 2 aromatic rings. The van der Waals surface area contributed by atoms with Crippen molar-refractivity contribution in [1.82, 2.24) is 0 Å². The number of nitrogens with one attached hydrogen (secondary N) is 1. The summed E-state index contributed by atoms with van der Waals surface area (Å²) in [7, 11) is 3.26. The van der Waals surface area contributed by atoms with Gasteiger partial charge in [-0.15, -0.1) is 0 Å². The molecule has 108 valence electrons. The van der Waals surface area contributed by atoms with Crippen LogP contribution in [0.4, 0.5) is 5.69 Å². The second kappa shape index (κ2) is 6.22. The van der Waals surface area contributed by atoms with E-state index in [4.69, 9.17) is 13.9 Å². The van der Waals surface area contributed by atoms with Gasteiger partial charge in [0.1, 0.15) is 5.76 Å². The minimum atomic E-state index is 0.0538. The van der Waals surface area contributed by atoms with Gasteiger partial charge in [0.05, 0.1) is 20.3 Å². The van der Waals surface area contributed by atoms with Gasteiger partial charge in [-0.2, -0.15) is 0 Å². The van der Waals surface area contributed by atoms with Crippen molar-refractivity contribution in [1.29, 1.82) is 0 Å². The largest absolute Gasteiger partial charge is 0.493 e. The molecule has 0 aliphatic carbocycles. The maximum atomic E-state index is 5.56. The van der Waals surface area contributed by atoms with Crippen molar-refractivity contribution in [2.24, 2.45) is 0 Å². The van der Waals surface area contributed by atoms with Crippen LogP contribution < -0.4 is 14.8 Å². The maximum absolute atomic E-state index is 5.56. The molecule has 0 bridgehead atoms. The molecule has 1 atom stereocenters. The van der Waals surface area contributed by atoms with Gasteiger partial charge >= 0.3 is 0 Å². The Labute approximate surface area is 127 Å². The van der Waals surface area contributed by atoms with Gasteiger partial charge in [0.2, 0.25) is 0 Å². The number of hydrogen-bond acceptors (Lipinski definition) is 4. The molecule has 0 radical (unpaired) electrons. The quantitative estimate of drug-likeness (QED) is 0.868. The van der Waals surface area contributed by atoms with E-state index >= 15 is 0 Å². The zero-order valence-corrected chi connectivity index (χ0v) is 13.6. The van der Waals surface area contributed by atoms with Crippen molar-refractivity contribution >= 4 is 21.6 Å². The highest BCUT2D eigenvalue weighted by Gasteiger charge is 2.13. The number of furan rings is 1. The fourth-order valence-electron chi connectivity index (χ4n) is 2.00. The Balaban J connectivity index is 2.24. The SMILES string of the molecule is COc1cc(C)c(NC(C)c2ccc(Br)o2)cc1OC. The monoisotopic (exact) mass is 339 g/mol. The van der Waals surface area contributed by atoms with Crippen LogP contribution in [0, 0.1) is 6.92 Å². The van der Waals surface area contributed by atoms with Gasteiger partial charge in [-0.3, -0.25) is 0 Å². The topological polar surface area (TPSA) is 43.6 Å². The lowest BCUT2D eigenvalue weighted by molar-refractivity contribution is 0.355. The van der Waals surface area contributed by atoms with E-state index in [1.165, 1.54) is 0 Å². The number of anilines is 1. The predicted molar refractivity (Wildman–Crippen MR) is 82.7 cm³/mol. The number of rotatable bonds is 5. The molecular weight excluding hydrogens is 322 g/mol. The lowest BCUT2D eigenvalue weighted by Gasteiger charge is -2.17. The van der Waals surface area contributed by atoms with E-state index < -0.39 is 0 Å². The van der Waals surface area contributed by atoms with Crippen LogP contribution in [0.3, 0.4) is 0 Å². The van der Waals surface area contributed by atoms with E-state index in [9.17, 15) is 0 Å².